The van der Waals surface area contributed by atoms with Crippen molar-refractivity contribution in [2.75, 3.05) is 13.2 Å². The molecule has 2 aromatic carbocycles. The highest BCUT2D eigenvalue weighted by Crippen LogP contribution is 2.23. The predicted octanol–water partition coefficient (Wildman–Crippen LogP) is 3.26. The third-order valence-corrected chi connectivity index (χ3v) is 5.65. The number of hydrogen-bond acceptors (Lipinski definition) is 4. The summed E-state index contributed by atoms with van der Waals surface area (Å²) in [5.41, 5.74) is 2.58. The SMILES string of the molecule is O=C(NCc1ccccc1CN1CCC[C@@H]1CO)c1ccc(F)c2ccncc12. The zero-order valence-electron chi connectivity index (χ0n) is 16.1. The second-order valence-corrected chi connectivity index (χ2v) is 7.42. The van der Waals surface area contributed by atoms with Gasteiger partial charge in [-0.3, -0.25) is 14.7 Å². The highest BCUT2D eigenvalue weighted by Gasteiger charge is 2.24. The first-order chi connectivity index (χ1) is 14.2. The minimum atomic E-state index is -0.367. The smallest absolute Gasteiger partial charge is 0.252 e. The van der Waals surface area contributed by atoms with E-state index in [9.17, 15) is 14.3 Å². The van der Waals surface area contributed by atoms with Crippen LogP contribution in [0.25, 0.3) is 10.8 Å². The fourth-order valence-corrected chi connectivity index (χ4v) is 4.04. The fraction of sp³-hybridized carbons (Fsp3) is 0.304. The Morgan fingerprint density at radius 1 is 1.17 bits per heavy atom. The van der Waals surface area contributed by atoms with Gasteiger partial charge in [0.15, 0.2) is 0 Å². The second kappa shape index (κ2) is 8.68. The lowest BCUT2D eigenvalue weighted by molar-refractivity contribution is 0.0952. The molecule has 6 heteroatoms. The van der Waals surface area contributed by atoms with Crippen molar-refractivity contribution in [3.8, 4) is 0 Å². The lowest BCUT2D eigenvalue weighted by atomic mass is 10.0. The van der Waals surface area contributed by atoms with Crippen LogP contribution in [0, 0.1) is 5.82 Å². The lowest BCUT2D eigenvalue weighted by Crippen LogP contribution is -2.32. The molecule has 0 aliphatic carbocycles. The molecule has 1 fully saturated rings. The minimum absolute atomic E-state index is 0.171. The summed E-state index contributed by atoms with van der Waals surface area (Å²) in [5, 5.41) is 13.4. The Morgan fingerprint density at radius 2 is 2.00 bits per heavy atom. The molecule has 3 aromatic rings. The molecule has 0 unspecified atom stereocenters. The number of benzene rings is 2. The van der Waals surface area contributed by atoms with E-state index >= 15 is 0 Å². The van der Waals surface area contributed by atoms with Crippen LogP contribution in [-0.2, 0) is 13.1 Å². The molecule has 2 N–H and O–H groups in total. The predicted molar refractivity (Wildman–Crippen MR) is 110 cm³/mol. The van der Waals surface area contributed by atoms with E-state index in [1.165, 1.54) is 24.5 Å². The van der Waals surface area contributed by atoms with E-state index in [4.69, 9.17) is 0 Å². The summed E-state index contributed by atoms with van der Waals surface area (Å²) in [7, 11) is 0. The Balaban J connectivity index is 1.50. The Morgan fingerprint density at radius 3 is 2.83 bits per heavy atom. The zero-order chi connectivity index (χ0) is 20.2. The third-order valence-electron chi connectivity index (χ3n) is 5.65. The number of nitrogens with one attached hydrogen (secondary N) is 1. The number of aromatic nitrogens is 1. The Hall–Kier alpha value is -2.83. The highest BCUT2D eigenvalue weighted by molar-refractivity contribution is 6.06. The minimum Gasteiger partial charge on any atom is -0.395 e. The summed E-state index contributed by atoms with van der Waals surface area (Å²) in [4.78, 5) is 19.1. The maximum atomic E-state index is 14.0. The van der Waals surface area contributed by atoms with Crippen LogP contribution in [-0.4, -0.2) is 40.1 Å². The van der Waals surface area contributed by atoms with Crippen molar-refractivity contribution in [1.82, 2.24) is 15.2 Å². The number of rotatable bonds is 6. The van der Waals surface area contributed by atoms with Crippen LogP contribution in [0.4, 0.5) is 4.39 Å². The van der Waals surface area contributed by atoms with Crippen LogP contribution in [0.5, 0.6) is 0 Å². The summed E-state index contributed by atoms with van der Waals surface area (Å²) < 4.78 is 14.0. The third kappa shape index (κ3) is 4.13. The van der Waals surface area contributed by atoms with Gasteiger partial charge in [0, 0.05) is 47.9 Å². The Labute approximate surface area is 169 Å². The van der Waals surface area contributed by atoms with Crippen LogP contribution >= 0.6 is 0 Å². The average molecular weight is 393 g/mol. The zero-order valence-corrected chi connectivity index (χ0v) is 16.1. The molecule has 0 spiro atoms. The molecule has 1 atom stereocenters. The van der Waals surface area contributed by atoms with Gasteiger partial charge in [0.05, 0.1) is 6.61 Å². The van der Waals surface area contributed by atoms with Gasteiger partial charge < -0.3 is 10.4 Å². The van der Waals surface area contributed by atoms with E-state index in [0.717, 1.165) is 37.1 Å². The molecule has 0 bridgehead atoms. The monoisotopic (exact) mass is 393 g/mol. The molecule has 0 saturated carbocycles. The largest absolute Gasteiger partial charge is 0.395 e. The van der Waals surface area contributed by atoms with Gasteiger partial charge in [-0.1, -0.05) is 24.3 Å². The molecule has 1 aliphatic heterocycles. The van der Waals surface area contributed by atoms with Crippen molar-refractivity contribution >= 4 is 16.7 Å². The highest BCUT2D eigenvalue weighted by atomic mass is 19.1. The van der Waals surface area contributed by atoms with Crippen LogP contribution in [0.3, 0.4) is 0 Å². The van der Waals surface area contributed by atoms with Crippen molar-refractivity contribution in [2.45, 2.75) is 32.0 Å². The molecular weight excluding hydrogens is 369 g/mol. The maximum absolute atomic E-state index is 14.0. The topological polar surface area (TPSA) is 65.5 Å². The normalized spacial score (nSPS) is 17.0. The summed E-state index contributed by atoms with van der Waals surface area (Å²) in [6.07, 6.45) is 5.14. The van der Waals surface area contributed by atoms with Crippen molar-refractivity contribution in [2.24, 2.45) is 0 Å². The van der Waals surface area contributed by atoms with Gasteiger partial charge in [0.1, 0.15) is 5.82 Å². The second-order valence-electron chi connectivity index (χ2n) is 7.42. The van der Waals surface area contributed by atoms with E-state index in [1.54, 1.807) is 6.07 Å². The number of hydrogen-bond donors (Lipinski definition) is 2. The van der Waals surface area contributed by atoms with Gasteiger partial charge in [-0.15, -0.1) is 0 Å². The number of pyridine rings is 1. The Bertz CT molecular complexity index is 1020. The molecule has 4 rings (SSSR count). The summed E-state index contributed by atoms with van der Waals surface area (Å²) in [6, 6.07) is 12.6. The first-order valence-electron chi connectivity index (χ1n) is 9.89. The van der Waals surface area contributed by atoms with Gasteiger partial charge >= 0.3 is 0 Å². The summed E-state index contributed by atoms with van der Waals surface area (Å²) in [6.45, 7) is 2.28. The van der Waals surface area contributed by atoms with E-state index in [0.29, 0.717) is 22.9 Å². The van der Waals surface area contributed by atoms with E-state index in [1.807, 2.05) is 18.2 Å². The molecule has 1 amide bonds. The molecule has 29 heavy (non-hydrogen) atoms. The number of aliphatic hydroxyl groups excluding tert-OH is 1. The number of halogens is 1. The van der Waals surface area contributed by atoms with E-state index < -0.39 is 0 Å². The number of nitrogens with zero attached hydrogens (tertiary/aromatic N) is 2. The lowest BCUT2D eigenvalue weighted by Gasteiger charge is -2.24. The molecule has 1 saturated heterocycles. The van der Waals surface area contributed by atoms with Gasteiger partial charge in [-0.2, -0.15) is 0 Å². The van der Waals surface area contributed by atoms with Crippen molar-refractivity contribution in [1.29, 1.82) is 0 Å². The van der Waals surface area contributed by atoms with Gasteiger partial charge in [-0.25, -0.2) is 4.39 Å². The van der Waals surface area contributed by atoms with Crippen molar-refractivity contribution < 1.29 is 14.3 Å². The van der Waals surface area contributed by atoms with Crippen molar-refractivity contribution in [3.05, 3.63) is 77.4 Å². The molecule has 0 radical (unpaired) electrons. The first-order valence-corrected chi connectivity index (χ1v) is 9.89. The van der Waals surface area contributed by atoms with Crippen LogP contribution in [0.1, 0.15) is 34.3 Å². The van der Waals surface area contributed by atoms with Crippen LogP contribution in [0.2, 0.25) is 0 Å². The molecular formula is C23H24FN3O2. The van der Waals surface area contributed by atoms with Gasteiger partial charge in [0.2, 0.25) is 0 Å². The average Bonchev–Trinajstić information content (AvgIpc) is 3.20. The Kier molecular flexibility index (Phi) is 5.83. The van der Waals surface area contributed by atoms with E-state index in [-0.39, 0.29) is 24.4 Å². The molecule has 2 heterocycles. The van der Waals surface area contributed by atoms with Crippen LogP contribution in [0.15, 0.2) is 54.9 Å². The maximum Gasteiger partial charge on any atom is 0.252 e. The quantitative estimate of drug-likeness (QED) is 0.675. The molecule has 1 aromatic heterocycles. The molecule has 1 aliphatic rings. The van der Waals surface area contributed by atoms with Crippen molar-refractivity contribution in [3.63, 3.8) is 0 Å². The number of aliphatic hydroxyl groups is 1. The first kappa shape index (κ1) is 19.5. The molecule has 150 valence electrons. The van der Waals surface area contributed by atoms with E-state index in [2.05, 4.69) is 21.3 Å². The fourth-order valence-electron chi connectivity index (χ4n) is 4.04. The summed E-state index contributed by atoms with van der Waals surface area (Å²) >= 11 is 0. The number of likely N-dealkylation sites (tertiary alicyclic amines) is 1. The number of carbonyl (C=O) groups excluding carboxylic acids is 1. The van der Waals surface area contributed by atoms with Gasteiger partial charge in [-0.05, 0) is 48.7 Å². The standard InChI is InChI=1S/C23H24FN3O2/c24-22-8-7-20(21-13-25-10-9-19(21)22)23(29)26-12-16-4-1-2-5-17(16)14-27-11-3-6-18(27)15-28/h1-2,4-5,7-10,13,18,28H,3,6,11-12,14-15H2,(H,26,29)/t18-/m1/s1. The van der Waals surface area contributed by atoms with Crippen LogP contribution < -0.4 is 5.32 Å². The number of carbonyl (C=O) groups is 1. The van der Waals surface area contributed by atoms with Gasteiger partial charge in [0.25, 0.3) is 5.91 Å². The summed E-state index contributed by atoms with van der Waals surface area (Å²) in [5.74, 6) is -0.624. The molecule has 5 nitrogen and oxygen atoms in total. The number of amides is 1. The number of fused-ring (bicyclic) bond motifs is 1.